The Morgan fingerprint density at radius 1 is 1.75 bits per heavy atom. The quantitative estimate of drug-likeness (QED) is 0.719. The van der Waals surface area contributed by atoms with Crippen molar-refractivity contribution in [1.29, 1.82) is 0 Å². The Labute approximate surface area is 92.6 Å². The SMILES string of the molecule is Cn1cc(CN2CCOC(C(=O)O)C2)nn1. The van der Waals surface area contributed by atoms with Gasteiger partial charge in [-0.15, -0.1) is 5.10 Å². The first kappa shape index (κ1) is 11.0. The third-order valence-electron chi connectivity index (χ3n) is 2.46. The summed E-state index contributed by atoms with van der Waals surface area (Å²) in [4.78, 5) is 12.8. The number of carboxylic acids is 1. The van der Waals surface area contributed by atoms with Gasteiger partial charge in [-0.25, -0.2) is 4.79 Å². The van der Waals surface area contributed by atoms with Crippen LogP contribution in [-0.2, 0) is 23.1 Å². The normalized spacial score (nSPS) is 22.2. The standard InChI is InChI=1S/C9H14N4O3/c1-12-4-7(10-11-12)5-13-2-3-16-8(6-13)9(14)15/h4,8H,2-3,5-6H2,1H3,(H,14,15). The van der Waals surface area contributed by atoms with E-state index in [2.05, 4.69) is 10.3 Å². The molecule has 0 aliphatic carbocycles. The number of nitrogens with zero attached hydrogens (tertiary/aromatic N) is 4. The Morgan fingerprint density at radius 3 is 3.19 bits per heavy atom. The van der Waals surface area contributed by atoms with Crippen molar-refractivity contribution in [3.05, 3.63) is 11.9 Å². The van der Waals surface area contributed by atoms with Crippen LogP contribution in [-0.4, -0.2) is 56.8 Å². The van der Waals surface area contributed by atoms with Crippen LogP contribution in [0.3, 0.4) is 0 Å². The third-order valence-corrected chi connectivity index (χ3v) is 2.46. The van der Waals surface area contributed by atoms with Crippen LogP contribution in [0.1, 0.15) is 5.69 Å². The second-order valence-electron chi connectivity index (χ2n) is 3.82. The fraction of sp³-hybridized carbons (Fsp3) is 0.667. The molecule has 0 amide bonds. The van der Waals surface area contributed by atoms with Gasteiger partial charge >= 0.3 is 5.97 Å². The van der Waals surface area contributed by atoms with Crippen molar-refractivity contribution in [3.63, 3.8) is 0 Å². The van der Waals surface area contributed by atoms with Gasteiger partial charge in [0.15, 0.2) is 6.10 Å². The summed E-state index contributed by atoms with van der Waals surface area (Å²) in [7, 11) is 1.80. The Hall–Kier alpha value is -1.47. The summed E-state index contributed by atoms with van der Waals surface area (Å²) in [6.07, 6.45) is 1.09. The van der Waals surface area contributed by atoms with Gasteiger partial charge in [-0.3, -0.25) is 9.58 Å². The average molecular weight is 226 g/mol. The van der Waals surface area contributed by atoms with E-state index in [4.69, 9.17) is 9.84 Å². The molecule has 1 aliphatic rings. The Morgan fingerprint density at radius 2 is 2.56 bits per heavy atom. The van der Waals surface area contributed by atoms with E-state index in [9.17, 15) is 4.79 Å². The third kappa shape index (κ3) is 2.56. The highest BCUT2D eigenvalue weighted by molar-refractivity contribution is 5.72. The Kier molecular flexibility index (Phi) is 3.16. The molecule has 7 heteroatoms. The van der Waals surface area contributed by atoms with E-state index in [0.717, 1.165) is 12.2 Å². The van der Waals surface area contributed by atoms with Crippen molar-refractivity contribution in [2.75, 3.05) is 19.7 Å². The molecule has 1 fully saturated rings. The number of hydrogen-bond acceptors (Lipinski definition) is 5. The molecule has 1 atom stereocenters. The molecular weight excluding hydrogens is 212 g/mol. The molecule has 0 aromatic carbocycles. The molecule has 1 unspecified atom stereocenters. The number of ether oxygens (including phenoxy) is 1. The van der Waals surface area contributed by atoms with E-state index in [-0.39, 0.29) is 0 Å². The lowest BCUT2D eigenvalue weighted by Gasteiger charge is -2.29. The summed E-state index contributed by atoms with van der Waals surface area (Å²) in [5.74, 6) is -0.913. The number of carbonyl (C=O) groups is 1. The van der Waals surface area contributed by atoms with E-state index < -0.39 is 12.1 Å². The van der Waals surface area contributed by atoms with E-state index in [1.54, 1.807) is 11.7 Å². The minimum Gasteiger partial charge on any atom is -0.479 e. The lowest BCUT2D eigenvalue weighted by Crippen LogP contribution is -2.45. The maximum absolute atomic E-state index is 10.8. The second kappa shape index (κ2) is 4.58. The van der Waals surface area contributed by atoms with Crippen molar-refractivity contribution in [2.24, 2.45) is 7.05 Å². The van der Waals surface area contributed by atoms with Crippen LogP contribution in [0.4, 0.5) is 0 Å². The molecule has 1 saturated heterocycles. The first-order valence-corrected chi connectivity index (χ1v) is 5.07. The number of aromatic nitrogens is 3. The predicted octanol–water partition coefficient (Wildman–Crippen LogP) is -0.899. The first-order valence-electron chi connectivity index (χ1n) is 5.07. The zero-order chi connectivity index (χ0) is 11.5. The number of rotatable bonds is 3. The van der Waals surface area contributed by atoms with Crippen LogP contribution in [0, 0.1) is 0 Å². The molecule has 0 saturated carbocycles. The van der Waals surface area contributed by atoms with Gasteiger partial charge < -0.3 is 9.84 Å². The van der Waals surface area contributed by atoms with Crippen molar-refractivity contribution in [1.82, 2.24) is 19.9 Å². The maximum atomic E-state index is 10.8. The van der Waals surface area contributed by atoms with Gasteiger partial charge in [0.1, 0.15) is 0 Å². The van der Waals surface area contributed by atoms with E-state index in [1.807, 2.05) is 11.1 Å². The summed E-state index contributed by atoms with van der Waals surface area (Å²) in [6, 6.07) is 0. The molecule has 1 aliphatic heterocycles. The highest BCUT2D eigenvalue weighted by atomic mass is 16.5. The number of morpholine rings is 1. The van der Waals surface area contributed by atoms with E-state index in [1.165, 1.54) is 0 Å². The van der Waals surface area contributed by atoms with Gasteiger partial charge in [0, 0.05) is 32.9 Å². The van der Waals surface area contributed by atoms with Crippen LogP contribution in [0.15, 0.2) is 6.20 Å². The molecule has 0 radical (unpaired) electrons. The van der Waals surface area contributed by atoms with Gasteiger partial charge in [0.25, 0.3) is 0 Å². The smallest absolute Gasteiger partial charge is 0.334 e. The van der Waals surface area contributed by atoms with E-state index >= 15 is 0 Å². The zero-order valence-corrected chi connectivity index (χ0v) is 9.04. The molecular formula is C9H14N4O3. The summed E-state index contributed by atoms with van der Waals surface area (Å²) >= 11 is 0. The highest BCUT2D eigenvalue weighted by Gasteiger charge is 2.26. The van der Waals surface area contributed by atoms with Crippen molar-refractivity contribution >= 4 is 5.97 Å². The number of aliphatic carboxylic acids is 1. The number of aryl methyl sites for hydroxylation is 1. The minimum atomic E-state index is -0.913. The largest absolute Gasteiger partial charge is 0.479 e. The number of hydrogen-bond donors (Lipinski definition) is 1. The van der Waals surface area contributed by atoms with Crippen LogP contribution in [0.2, 0.25) is 0 Å². The molecule has 0 bridgehead atoms. The summed E-state index contributed by atoms with van der Waals surface area (Å²) in [6.45, 7) is 2.17. The van der Waals surface area contributed by atoms with Crippen molar-refractivity contribution < 1.29 is 14.6 Å². The van der Waals surface area contributed by atoms with Gasteiger partial charge in [-0.1, -0.05) is 5.21 Å². The lowest BCUT2D eigenvalue weighted by atomic mass is 10.2. The van der Waals surface area contributed by atoms with Crippen molar-refractivity contribution in [3.8, 4) is 0 Å². The molecule has 1 aromatic rings. The average Bonchev–Trinajstić information content (AvgIpc) is 2.64. The molecule has 16 heavy (non-hydrogen) atoms. The molecule has 7 nitrogen and oxygen atoms in total. The Bertz CT molecular complexity index is 379. The summed E-state index contributed by atoms with van der Waals surface area (Å²) in [5, 5.41) is 16.6. The zero-order valence-electron chi connectivity index (χ0n) is 9.04. The van der Waals surface area contributed by atoms with Gasteiger partial charge in [0.2, 0.25) is 0 Å². The van der Waals surface area contributed by atoms with Gasteiger partial charge in [-0.05, 0) is 0 Å². The highest BCUT2D eigenvalue weighted by Crippen LogP contribution is 2.08. The fourth-order valence-electron chi connectivity index (χ4n) is 1.69. The topological polar surface area (TPSA) is 80.5 Å². The predicted molar refractivity (Wildman–Crippen MR) is 53.7 cm³/mol. The Balaban J connectivity index is 1.92. The van der Waals surface area contributed by atoms with Crippen LogP contribution in [0.5, 0.6) is 0 Å². The number of carboxylic acid groups (broad SMARTS) is 1. The summed E-state index contributed by atoms with van der Waals surface area (Å²) < 4.78 is 6.76. The maximum Gasteiger partial charge on any atom is 0.334 e. The van der Waals surface area contributed by atoms with Crippen LogP contribution < -0.4 is 0 Å². The molecule has 1 aromatic heterocycles. The van der Waals surface area contributed by atoms with Gasteiger partial charge in [0.05, 0.1) is 12.3 Å². The fourth-order valence-corrected chi connectivity index (χ4v) is 1.69. The minimum absolute atomic E-state index is 0.395. The molecule has 88 valence electrons. The van der Waals surface area contributed by atoms with Gasteiger partial charge in [-0.2, -0.15) is 0 Å². The monoisotopic (exact) mass is 226 g/mol. The van der Waals surface area contributed by atoms with Crippen molar-refractivity contribution in [2.45, 2.75) is 12.6 Å². The molecule has 0 spiro atoms. The molecule has 1 N–H and O–H groups in total. The van der Waals surface area contributed by atoms with Crippen LogP contribution in [0.25, 0.3) is 0 Å². The second-order valence-corrected chi connectivity index (χ2v) is 3.82. The first-order chi connectivity index (χ1) is 7.65. The lowest BCUT2D eigenvalue weighted by molar-refractivity contribution is -0.156. The summed E-state index contributed by atoms with van der Waals surface area (Å²) in [5.41, 5.74) is 0.841. The van der Waals surface area contributed by atoms with E-state index in [0.29, 0.717) is 19.7 Å². The molecule has 2 rings (SSSR count). The molecule has 2 heterocycles. The van der Waals surface area contributed by atoms with Crippen LogP contribution >= 0.6 is 0 Å².